The van der Waals surface area contributed by atoms with E-state index in [2.05, 4.69) is 30.9 Å². The molecule has 0 saturated carbocycles. The lowest BCUT2D eigenvalue weighted by Crippen LogP contribution is -2.55. The molecular weight excluding hydrogens is 1400 g/mol. The van der Waals surface area contributed by atoms with Crippen molar-refractivity contribution < 1.29 is 52.9 Å². The molecule has 3 fully saturated rings. The predicted molar refractivity (Wildman–Crippen MR) is 367 cm³/mol. The van der Waals surface area contributed by atoms with Crippen molar-refractivity contribution >= 4 is 134 Å². The van der Waals surface area contributed by atoms with Crippen molar-refractivity contribution in [2.24, 2.45) is 32.2 Å². The molecule has 3 saturated heterocycles. The third-order valence-corrected chi connectivity index (χ3v) is 20.1. The molecule has 0 aliphatic carbocycles. The highest BCUT2D eigenvalue weighted by Crippen LogP contribution is 2.55. The van der Waals surface area contributed by atoms with E-state index in [4.69, 9.17) is 125 Å². The van der Waals surface area contributed by atoms with Crippen LogP contribution in [0.2, 0.25) is 30.1 Å². The van der Waals surface area contributed by atoms with Gasteiger partial charge in [-0.15, -0.1) is 0 Å². The number of benzene rings is 6. The minimum Gasteiger partial charge on any atom is -0.484 e. The van der Waals surface area contributed by atoms with E-state index in [1.807, 2.05) is 78.9 Å². The maximum absolute atomic E-state index is 13.4. The zero-order valence-electron chi connectivity index (χ0n) is 51.2. The fraction of sp³-hybridized carbons (Fsp3) is 0.364. The number of hydrogen-bond donors (Lipinski definition) is 5. The summed E-state index contributed by atoms with van der Waals surface area (Å²) >= 11 is 39.5. The molecule has 0 radical (unpaired) electrons. The van der Waals surface area contributed by atoms with Gasteiger partial charge in [0.15, 0.2) is 34.5 Å². The topological polar surface area (TPSA) is 272 Å². The molecule has 6 aromatic carbocycles. The minimum atomic E-state index is -1.52. The molecule has 28 heteroatoms. The Balaban J connectivity index is 0.000000126. The van der Waals surface area contributed by atoms with E-state index in [0.717, 1.165) is 77.4 Å². The van der Waals surface area contributed by atoms with Crippen LogP contribution in [0.5, 0.6) is 17.2 Å². The summed E-state index contributed by atoms with van der Waals surface area (Å²) in [5.74, 6) is 2.17. The molecule has 94 heavy (non-hydrogen) atoms. The number of rotatable bonds is 3. The molecule has 8 N–H and O–H groups in total. The summed E-state index contributed by atoms with van der Waals surface area (Å²) in [5.41, 5.74) is 19.0. The highest BCUT2D eigenvalue weighted by molar-refractivity contribution is 9.10. The number of fused-ring (bicyclic) bond motifs is 6. The van der Waals surface area contributed by atoms with Crippen LogP contribution in [0.15, 0.2) is 129 Å². The first kappa shape index (κ1) is 67.6. The molecule has 9 aliphatic rings. The maximum Gasteiger partial charge on any atom is 0.488 e. The molecule has 9 heterocycles. The Morgan fingerprint density at radius 2 is 0.755 bits per heavy atom. The lowest BCUT2D eigenvalue weighted by molar-refractivity contribution is -0.139. The zero-order chi connectivity index (χ0) is 66.9. The van der Waals surface area contributed by atoms with Crippen LogP contribution >= 0.6 is 85.5 Å². The van der Waals surface area contributed by atoms with Gasteiger partial charge in [0.05, 0.1) is 19.8 Å². The van der Waals surface area contributed by atoms with Gasteiger partial charge in [0, 0.05) is 112 Å². The first-order valence-corrected chi connectivity index (χ1v) is 33.3. The molecule has 15 rings (SSSR count). The third-order valence-electron chi connectivity index (χ3n) is 18.3. The average molecular weight is 1460 g/mol. The largest absolute Gasteiger partial charge is 0.488 e. The second-order valence-electron chi connectivity index (χ2n) is 24.9. The molecule has 20 nitrogen and oxygen atoms in total. The Morgan fingerprint density at radius 3 is 1.04 bits per heavy atom. The highest BCUT2D eigenvalue weighted by atomic mass is 79.9. The molecule has 0 aromatic heterocycles. The normalized spacial score (nSPS) is 27.0. The number of ether oxygens (including phenoxy) is 6. The summed E-state index contributed by atoms with van der Waals surface area (Å²) in [6.45, 7) is 3.43. The minimum absolute atomic E-state index is 0.109. The van der Waals surface area contributed by atoms with E-state index in [9.17, 15) is 14.4 Å². The summed E-state index contributed by atoms with van der Waals surface area (Å²) < 4.78 is 37.2. The Morgan fingerprint density at radius 1 is 0.447 bits per heavy atom. The van der Waals surface area contributed by atoms with Gasteiger partial charge in [-0.25, -0.2) is 15.0 Å². The summed E-state index contributed by atoms with van der Waals surface area (Å²) in [4.78, 5) is 58.1. The van der Waals surface area contributed by atoms with Crippen molar-refractivity contribution in [1.82, 2.24) is 14.7 Å². The van der Waals surface area contributed by atoms with Crippen LogP contribution in [0.3, 0.4) is 0 Å². The second kappa shape index (κ2) is 26.2. The van der Waals surface area contributed by atoms with Gasteiger partial charge in [0.2, 0.25) is 0 Å². The SMILES string of the molecule is CN1C(=O)C2(CC3(CCCOC3)Oc3ccc(Br)cc32)N=C1N.CN1C(=O)[C@@]2(C[C@@]3(CCCOC3)Oc3ccc(-c4cc(Cl)cc(Cl)c4)cc32)N=C1N.CN1C(=O)[C@@]2(C[C@]3(CCCOC3)Oc3ccc(-c4cc(Cl)cc(Cl)c4)cc32)N=C1N.OB(O)c1cc(Cl)cc(Cl)c1. The van der Waals surface area contributed by atoms with E-state index in [-0.39, 0.29) is 35.6 Å². The summed E-state index contributed by atoms with van der Waals surface area (Å²) in [6, 6.07) is 32.3. The number of nitrogens with zero attached hydrogens (tertiary/aromatic N) is 6. The van der Waals surface area contributed by atoms with E-state index >= 15 is 0 Å². The van der Waals surface area contributed by atoms with Crippen molar-refractivity contribution in [3.05, 3.63) is 160 Å². The van der Waals surface area contributed by atoms with E-state index in [1.165, 1.54) is 32.9 Å². The highest BCUT2D eigenvalue weighted by Gasteiger charge is 2.61. The van der Waals surface area contributed by atoms with Crippen molar-refractivity contribution in [2.75, 3.05) is 60.8 Å². The average Bonchev–Trinajstić information content (AvgIpc) is 1.46. The van der Waals surface area contributed by atoms with Crippen molar-refractivity contribution in [1.29, 1.82) is 0 Å². The quantitative estimate of drug-likeness (QED) is 0.103. The van der Waals surface area contributed by atoms with Crippen LogP contribution in [0.1, 0.15) is 74.5 Å². The number of carbonyl (C=O) groups excluding carboxylic acids is 3. The van der Waals surface area contributed by atoms with Crippen LogP contribution < -0.4 is 36.9 Å². The lowest BCUT2D eigenvalue weighted by Gasteiger charge is -2.46. The fourth-order valence-corrected chi connectivity index (χ4v) is 15.9. The van der Waals surface area contributed by atoms with E-state index in [1.54, 1.807) is 33.3 Å². The number of likely N-dealkylation sites (N-methyl/N-ethyl adjacent to an activating group) is 3. The zero-order valence-corrected chi connectivity index (χ0v) is 57.3. The van der Waals surface area contributed by atoms with Gasteiger partial charge in [0.1, 0.15) is 34.1 Å². The van der Waals surface area contributed by atoms with Crippen molar-refractivity contribution in [3.63, 3.8) is 0 Å². The maximum atomic E-state index is 13.4. The molecule has 0 bridgehead atoms. The molecule has 9 aliphatic heterocycles. The van der Waals surface area contributed by atoms with Gasteiger partial charge in [-0.05, 0) is 163 Å². The standard InChI is InChI=1S/2C22H21Cl2N3O3.C16H18BrN3O3.C6H5BCl2O2/c2*1-27-19(28)22(26-20(27)25)11-21(5-2-6-29-12-21)30-18-4-3-13(9-17(18)22)14-7-15(23)10-16(24)8-14;1-20-13(21)16(19-14(20)18)8-15(5-2-6-22-9-15)23-12-4-3-10(17)7-11(12)16;8-5-1-4(7(10)11)2-6(9)3-5/h2*3-4,7-10H,2,5-6,11-12H2,1H3,(H2,25,26);3-4,7H,2,5-6,8-9H2,1H3,(H2,18,19);1-3,10-11H/t21-,22+;21-,22-;;/m10../s1. The molecule has 2 unspecified atom stereocenters. The molecule has 6 aromatic rings. The van der Waals surface area contributed by atoms with Crippen molar-refractivity contribution in [3.8, 4) is 39.5 Å². The van der Waals surface area contributed by atoms with Crippen LogP contribution in [0, 0.1) is 0 Å². The monoisotopic (exact) mass is 1460 g/mol. The van der Waals surface area contributed by atoms with E-state index in [0.29, 0.717) is 116 Å². The third kappa shape index (κ3) is 12.8. The number of guanidine groups is 3. The van der Waals surface area contributed by atoms with Crippen LogP contribution in [0.25, 0.3) is 22.3 Å². The van der Waals surface area contributed by atoms with E-state index < -0.39 is 40.5 Å². The molecule has 3 amide bonds. The Bertz CT molecular complexity index is 3900. The lowest BCUT2D eigenvalue weighted by atomic mass is 9.74. The van der Waals surface area contributed by atoms with Gasteiger partial charge in [-0.3, -0.25) is 29.1 Å². The number of aliphatic imine (C=N–C) groups is 3. The fourth-order valence-electron chi connectivity index (χ4n) is 13.9. The molecule has 492 valence electrons. The summed E-state index contributed by atoms with van der Waals surface area (Å²) in [7, 11) is 3.43. The first-order valence-electron chi connectivity index (χ1n) is 30.2. The number of amides is 3. The Hall–Kier alpha value is -6.38. The number of halogens is 7. The number of nitrogens with two attached hydrogens (primary N) is 3. The summed E-state index contributed by atoms with van der Waals surface area (Å²) in [5, 5.41) is 20.4. The predicted octanol–water partition coefficient (Wildman–Crippen LogP) is 10.4. The van der Waals surface area contributed by atoms with Gasteiger partial charge >= 0.3 is 7.12 Å². The molecular formula is C66H65BBrCl6N9O11. The first-order chi connectivity index (χ1) is 44.7. The Labute approximate surface area is 581 Å². The smallest absolute Gasteiger partial charge is 0.484 e. The molecule has 6 atom stereocenters. The van der Waals surface area contributed by atoms with Crippen LogP contribution in [-0.4, -0.2) is 145 Å². The van der Waals surface area contributed by atoms with Crippen LogP contribution in [0.4, 0.5) is 0 Å². The van der Waals surface area contributed by atoms with Gasteiger partial charge in [-0.2, -0.15) is 0 Å². The number of carbonyl (C=O) groups is 3. The van der Waals surface area contributed by atoms with Gasteiger partial charge < -0.3 is 55.7 Å². The second-order valence-corrected chi connectivity index (χ2v) is 28.4. The van der Waals surface area contributed by atoms with Crippen molar-refractivity contribution in [2.45, 2.75) is 91.2 Å². The number of hydrogen-bond acceptors (Lipinski definition) is 17. The van der Waals surface area contributed by atoms with Crippen LogP contribution in [-0.2, 0) is 45.2 Å². The van der Waals surface area contributed by atoms with Gasteiger partial charge in [-0.1, -0.05) is 97.7 Å². The Kier molecular flexibility index (Phi) is 18.9. The molecule has 6 spiro atoms. The summed E-state index contributed by atoms with van der Waals surface area (Å²) in [6.07, 6.45) is 6.31. The van der Waals surface area contributed by atoms with Gasteiger partial charge in [0.25, 0.3) is 17.7 Å².